The molecule has 254 valence electrons. The Bertz CT molecular complexity index is 788. The van der Waals surface area contributed by atoms with Gasteiger partial charge in [-0.1, -0.05) is 128 Å². The molecular formula is C38H66O6. The summed E-state index contributed by atoms with van der Waals surface area (Å²) in [6.45, 7) is 6.37. The molecular weight excluding hydrogens is 552 g/mol. The van der Waals surface area contributed by atoms with E-state index in [-0.39, 0.29) is 25.2 Å². The maximum atomic E-state index is 12.1. The zero-order valence-corrected chi connectivity index (χ0v) is 28.5. The highest BCUT2D eigenvalue weighted by atomic mass is 16.6. The zero-order chi connectivity index (χ0) is 32.1. The second-order valence-corrected chi connectivity index (χ2v) is 12.6. The summed E-state index contributed by atoms with van der Waals surface area (Å²) in [5.74, 6) is 0.182. The number of hydrogen-bond donors (Lipinski definition) is 1. The summed E-state index contributed by atoms with van der Waals surface area (Å²) in [4.78, 5) is 24.2. The van der Waals surface area contributed by atoms with Crippen LogP contribution < -0.4 is 0 Å². The number of ether oxygens (including phenoxy) is 3. The highest BCUT2D eigenvalue weighted by Gasteiger charge is 2.35. The molecule has 0 aromatic heterocycles. The van der Waals surface area contributed by atoms with Crippen molar-refractivity contribution in [3.8, 4) is 0 Å². The first kappa shape index (κ1) is 40.1. The summed E-state index contributed by atoms with van der Waals surface area (Å²) in [6, 6.07) is 0. The molecule has 1 N–H and O–H groups in total. The molecule has 1 aliphatic heterocycles. The second-order valence-electron chi connectivity index (χ2n) is 12.6. The van der Waals surface area contributed by atoms with Crippen LogP contribution in [0.25, 0.3) is 0 Å². The van der Waals surface area contributed by atoms with Gasteiger partial charge >= 0.3 is 11.9 Å². The van der Waals surface area contributed by atoms with Crippen molar-refractivity contribution in [1.82, 2.24) is 0 Å². The van der Waals surface area contributed by atoms with Crippen LogP contribution in [-0.4, -0.2) is 48.6 Å². The molecule has 4 atom stereocenters. The Balaban J connectivity index is 1.97. The van der Waals surface area contributed by atoms with E-state index in [1.807, 2.05) is 0 Å². The van der Waals surface area contributed by atoms with Crippen LogP contribution in [0.2, 0.25) is 0 Å². The Hall–Kier alpha value is -1.92. The molecule has 0 spiro atoms. The van der Waals surface area contributed by atoms with Gasteiger partial charge in [-0.2, -0.15) is 0 Å². The van der Waals surface area contributed by atoms with Crippen molar-refractivity contribution in [1.29, 1.82) is 0 Å². The average molecular weight is 619 g/mol. The minimum absolute atomic E-state index is 0.0992. The molecule has 1 rings (SSSR count). The molecule has 1 fully saturated rings. The molecule has 0 saturated carbocycles. The van der Waals surface area contributed by atoms with Crippen molar-refractivity contribution in [3.05, 3.63) is 36.5 Å². The minimum Gasteiger partial charge on any atom is -0.462 e. The summed E-state index contributed by atoms with van der Waals surface area (Å²) in [6.07, 6.45) is 35.1. The van der Waals surface area contributed by atoms with Crippen LogP contribution in [0.1, 0.15) is 156 Å². The van der Waals surface area contributed by atoms with Gasteiger partial charge in [-0.3, -0.25) is 9.59 Å². The van der Waals surface area contributed by atoms with E-state index in [4.69, 9.17) is 14.2 Å². The molecule has 44 heavy (non-hydrogen) atoms. The van der Waals surface area contributed by atoms with Gasteiger partial charge in [-0.05, 0) is 57.3 Å². The van der Waals surface area contributed by atoms with Gasteiger partial charge in [-0.15, -0.1) is 0 Å². The lowest BCUT2D eigenvalue weighted by atomic mass is 9.99. The predicted molar refractivity (Wildman–Crippen MR) is 181 cm³/mol. The van der Waals surface area contributed by atoms with Crippen LogP contribution in [0.5, 0.6) is 0 Å². The number of hydrogen-bond acceptors (Lipinski definition) is 6. The number of esters is 2. The molecule has 0 aromatic rings. The lowest BCUT2D eigenvalue weighted by molar-refractivity contribution is -0.161. The number of carbonyl (C=O) groups is 2. The first-order chi connectivity index (χ1) is 21.5. The van der Waals surface area contributed by atoms with Crippen LogP contribution in [0.3, 0.4) is 0 Å². The number of epoxide rings is 1. The highest BCUT2D eigenvalue weighted by molar-refractivity contribution is 5.70. The van der Waals surface area contributed by atoms with Crippen molar-refractivity contribution in [2.45, 2.75) is 174 Å². The van der Waals surface area contributed by atoms with Crippen LogP contribution in [0.15, 0.2) is 36.5 Å². The van der Waals surface area contributed by atoms with Crippen LogP contribution in [0, 0.1) is 5.92 Å². The smallest absolute Gasteiger partial charge is 0.306 e. The molecule has 6 nitrogen and oxygen atoms in total. The quantitative estimate of drug-likeness (QED) is 0.0373. The van der Waals surface area contributed by atoms with Gasteiger partial charge in [0.25, 0.3) is 0 Å². The Kier molecular flexibility index (Phi) is 26.0. The van der Waals surface area contributed by atoms with Gasteiger partial charge in [0.1, 0.15) is 6.61 Å². The standard InChI is InChI=1S/C38H66O6/c1-4-6-7-8-9-10-14-17-22-27-35-36(44-35)28-23-19-20-24-29-37(40)42-32-34(31-39)43-38(41)30-25-18-15-12-11-13-16-21-26-33(3)5-2/h9-10,17,19,22-23,33-36,39H,4-8,11-16,18,20-21,24-32H2,1-3H3/b10-9-,22-17-,23-19-/t33?,34-,35?,36?/m0/s1. The number of aliphatic hydroxyl groups excluding tert-OH is 1. The summed E-state index contributed by atoms with van der Waals surface area (Å²) >= 11 is 0. The molecule has 0 bridgehead atoms. The third kappa shape index (κ3) is 24.4. The van der Waals surface area contributed by atoms with Crippen LogP contribution in [0.4, 0.5) is 0 Å². The zero-order valence-electron chi connectivity index (χ0n) is 28.5. The fraction of sp³-hybridized carbons (Fsp3) is 0.789. The number of unbranched alkanes of at least 4 members (excludes halogenated alkanes) is 11. The van der Waals surface area contributed by atoms with Gasteiger partial charge in [0.2, 0.25) is 0 Å². The van der Waals surface area contributed by atoms with Crippen molar-refractivity contribution >= 4 is 11.9 Å². The summed E-state index contributed by atoms with van der Waals surface area (Å²) < 4.78 is 16.3. The van der Waals surface area contributed by atoms with Gasteiger partial charge in [0.15, 0.2) is 6.10 Å². The molecule has 1 aliphatic rings. The van der Waals surface area contributed by atoms with E-state index >= 15 is 0 Å². The largest absolute Gasteiger partial charge is 0.462 e. The lowest BCUT2D eigenvalue weighted by Gasteiger charge is -2.15. The minimum atomic E-state index is -0.796. The Morgan fingerprint density at radius 2 is 1.32 bits per heavy atom. The van der Waals surface area contributed by atoms with E-state index in [1.165, 1.54) is 70.6 Å². The van der Waals surface area contributed by atoms with Gasteiger partial charge in [-0.25, -0.2) is 0 Å². The Labute approximate surface area is 270 Å². The lowest BCUT2D eigenvalue weighted by Crippen LogP contribution is -2.28. The van der Waals surface area contributed by atoms with Crippen LogP contribution >= 0.6 is 0 Å². The van der Waals surface area contributed by atoms with Gasteiger partial charge < -0.3 is 19.3 Å². The molecule has 1 heterocycles. The Morgan fingerprint density at radius 1 is 0.727 bits per heavy atom. The fourth-order valence-corrected chi connectivity index (χ4v) is 5.09. The first-order valence-electron chi connectivity index (χ1n) is 18.1. The SMILES string of the molecule is CCCCC/C=C\C/C=C\CC1OC1C/C=C\CCCC(=O)OC[C@H](CO)OC(=O)CCCCCCCCCCC(C)CC. The first-order valence-corrected chi connectivity index (χ1v) is 18.1. The Morgan fingerprint density at radius 3 is 2.00 bits per heavy atom. The van der Waals surface area contributed by atoms with Crippen molar-refractivity contribution < 1.29 is 28.9 Å². The van der Waals surface area contributed by atoms with Crippen molar-refractivity contribution in [3.63, 3.8) is 0 Å². The van der Waals surface area contributed by atoms with E-state index in [1.54, 1.807) is 0 Å². The van der Waals surface area contributed by atoms with Crippen molar-refractivity contribution in [2.24, 2.45) is 5.92 Å². The second kappa shape index (κ2) is 28.5. The molecule has 1 saturated heterocycles. The molecule has 0 radical (unpaired) electrons. The molecule has 0 amide bonds. The van der Waals surface area contributed by atoms with Gasteiger partial charge in [0.05, 0.1) is 18.8 Å². The molecule has 6 heteroatoms. The van der Waals surface area contributed by atoms with E-state index < -0.39 is 6.10 Å². The highest BCUT2D eigenvalue weighted by Crippen LogP contribution is 2.29. The maximum absolute atomic E-state index is 12.1. The fourth-order valence-electron chi connectivity index (χ4n) is 5.09. The monoisotopic (exact) mass is 618 g/mol. The average Bonchev–Trinajstić information content (AvgIpc) is 3.78. The third-order valence-corrected chi connectivity index (χ3v) is 8.38. The maximum Gasteiger partial charge on any atom is 0.306 e. The van der Waals surface area contributed by atoms with Gasteiger partial charge in [0, 0.05) is 12.8 Å². The number of aliphatic hydroxyl groups is 1. The van der Waals surface area contributed by atoms with E-state index in [2.05, 4.69) is 57.2 Å². The normalized spacial score (nSPS) is 17.9. The molecule has 3 unspecified atom stereocenters. The third-order valence-electron chi connectivity index (χ3n) is 8.38. The predicted octanol–water partition coefficient (Wildman–Crippen LogP) is 9.74. The van der Waals surface area contributed by atoms with E-state index in [9.17, 15) is 14.7 Å². The van der Waals surface area contributed by atoms with Crippen LogP contribution in [-0.2, 0) is 23.8 Å². The topological polar surface area (TPSA) is 85.4 Å². The number of allylic oxidation sites excluding steroid dienone is 4. The number of carbonyl (C=O) groups excluding carboxylic acids is 2. The van der Waals surface area contributed by atoms with E-state index in [0.29, 0.717) is 31.5 Å². The summed E-state index contributed by atoms with van der Waals surface area (Å²) in [5.41, 5.74) is 0. The summed E-state index contributed by atoms with van der Waals surface area (Å²) in [7, 11) is 0. The summed E-state index contributed by atoms with van der Waals surface area (Å²) in [5, 5.41) is 9.53. The molecule has 0 aromatic carbocycles. The molecule has 0 aliphatic carbocycles. The number of rotatable bonds is 30. The van der Waals surface area contributed by atoms with E-state index in [0.717, 1.165) is 50.9 Å². The van der Waals surface area contributed by atoms with Crippen molar-refractivity contribution in [2.75, 3.05) is 13.2 Å².